The van der Waals surface area contributed by atoms with E-state index in [0.717, 1.165) is 12.5 Å². The minimum absolute atomic E-state index is 0.106. The second-order valence-electron chi connectivity index (χ2n) is 8.96. The molecule has 0 aliphatic carbocycles. The van der Waals surface area contributed by atoms with Crippen LogP contribution < -0.4 is 0 Å². The zero-order valence-electron chi connectivity index (χ0n) is 16.6. The van der Waals surface area contributed by atoms with E-state index < -0.39 is 0 Å². The van der Waals surface area contributed by atoms with Crippen LogP contribution in [0.1, 0.15) is 53.1 Å². The van der Waals surface area contributed by atoms with Gasteiger partial charge in [0, 0.05) is 17.6 Å². The third-order valence-electron chi connectivity index (χ3n) is 4.96. The number of aliphatic imine (C=N–C) groups is 1. The largest absolute Gasteiger partial charge is 0.335 e. The molecule has 3 rings (SSSR count). The summed E-state index contributed by atoms with van der Waals surface area (Å²) >= 11 is 0. The average Bonchev–Trinajstić information content (AvgIpc) is 2.94. The van der Waals surface area contributed by atoms with Crippen molar-refractivity contribution in [3.63, 3.8) is 0 Å². The van der Waals surface area contributed by atoms with Gasteiger partial charge in [0.1, 0.15) is 0 Å². The lowest BCUT2D eigenvalue weighted by Crippen LogP contribution is -2.50. The Bertz CT molecular complexity index is 877. The lowest BCUT2D eigenvalue weighted by molar-refractivity contribution is 0.199. The van der Waals surface area contributed by atoms with Gasteiger partial charge in [0.25, 0.3) is 0 Å². The first-order valence-corrected chi connectivity index (χ1v) is 9.15. The summed E-state index contributed by atoms with van der Waals surface area (Å²) in [7, 11) is 0. The fourth-order valence-electron chi connectivity index (χ4n) is 3.78. The van der Waals surface area contributed by atoms with Crippen molar-refractivity contribution < 1.29 is 0 Å². The number of nitrogens with zero attached hydrogens (tertiary/aromatic N) is 4. The van der Waals surface area contributed by atoms with Crippen molar-refractivity contribution in [1.82, 2.24) is 9.80 Å². The maximum Gasteiger partial charge on any atom is 0.214 e. The molecule has 0 saturated carbocycles. The van der Waals surface area contributed by atoms with E-state index in [4.69, 9.17) is 0 Å². The van der Waals surface area contributed by atoms with Crippen LogP contribution in [0.4, 0.5) is 0 Å². The highest BCUT2D eigenvalue weighted by Crippen LogP contribution is 2.39. The Kier molecular flexibility index (Phi) is 4.44. The molecule has 1 atom stereocenters. The molecule has 0 amide bonds. The summed E-state index contributed by atoms with van der Waals surface area (Å²) in [6.45, 7) is 13.9. The monoisotopic (exact) mass is 348 g/mol. The summed E-state index contributed by atoms with van der Waals surface area (Å²) in [4.78, 5) is 8.78. The van der Waals surface area contributed by atoms with Gasteiger partial charge in [0.2, 0.25) is 12.2 Å². The number of rotatable bonds is 1. The number of hydrogen-bond donors (Lipinski definition) is 0. The van der Waals surface area contributed by atoms with Crippen LogP contribution >= 0.6 is 0 Å². The van der Waals surface area contributed by atoms with E-state index >= 15 is 0 Å². The molecule has 1 aliphatic heterocycles. The van der Waals surface area contributed by atoms with Gasteiger partial charge in [-0.2, -0.15) is 5.26 Å². The van der Waals surface area contributed by atoms with E-state index in [0.29, 0.717) is 0 Å². The third kappa shape index (κ3) is 3.26. The van der Waals surface area contributed by atoms with Crippen molar-refractivity contribution in [3.8, 4) is 6.19 Å². The Morgan fingerprint density at radius 3 is 2.19 bits per heavy atom. The Morgan fingerprint density at radius 1 is 0.962 bits per heavy atom. The Morgan fingerprint density at radius 2 is 1.62 bits per heavy atom. The lowest BCUT2D eigenvalue weighted by Gasteiger charge is -2.39. The predicted octanol–water partition coefficient (Wildman–Crippen LogP) is 4.93. The van der Waals surface area contributed by atoms with Crippen molar-refractivity contribution in [2.24, 2.45) is 4.99 Å². The molecule has 1 saturated heterocycles. The normalized spacial score (nSPS) is 20.0. The molecule has 4 heteroatoms. The Hall–Kier alpha value is -2.54. The molecule has 0 unspecified atom stereocenters. The predicted molar refractivity (Wildman–Crippen MR) is 108 cm³/mol. The minimum Gasteiger partial charge on any atom is -0.335 e. The maximum atomic E-state index is 9.30. The average molecular weight is 348 g/mol. The smallest absolute Gasteiger partial charge is 0.214 e. The van der Waals surface area contributed by atoms with Gasteiger partial charge in [-0.25, -0.2) is 0 Å². The zero-order chi connectivity index (χ0) is 19.1. The highest BCUT2D eigenvalue weighted by atomic mass is 15.5. The van der Waals surface area contributed by atoms with Crippen molar-refractivity contribution in [2.75, 3.05) is 6.54 Å². The van der Waals surface area contributed by atoms with E-state index in [9.17, 15) is 5.26 Å². The van der Waals surface area contributed by atoms with Gasteiger partial charge in [0.05, 0.1) is 6.04 Å². The fraction of sp³-hybridized carbons (Fsp3) is 0.455. The Balaban J connectivity index is 2.14. The molecule has 1 aliphatic rings. The molecule has 2 aromatic carbocycles. The highest BCUT2D eigenvalue weighted by molar-refractivity contribution is 5.86. The molecule has 0 bridgehead atoms. The number of fused-ring (bicyclic) bond motifs is 1. The second kappa shape index (κ2) is 6.32. The van der Waals surface area contributed by atoms with E-state index in [1.807, 2.05) is 6.19 Å². The molecule has 4 nitrogen and oxygen atoms in total. The number of benzene rings is 2. The SMILES string of the molecule is CC(C)(C)N1C[C@@H](c2ccc3ccccc3c2)N(C(C)(C)C)C1=NC#N. The van der Waals surface area contributed by atoms with Gasteiger partial charge in [-0.05, 0) is 63.9 Å². The molecular weight excluding hydrogens is 320 g/mol. The summed E-state index contributed by atoms with van der Waals surface area (Å²) in [6, 6.07) is 15.3. The van der Waals surface area contributed by atoms with E-state index in [2.05, 4.69) is 98.8 Å². The Labute approximate surface area is 156 Å². The van der Waals surface area contributed by atoms with E-state index in [1.165, 1.54) is 16.3 Å². The van der Waals surface area contributed by atoms with Crippen molar-refractivity contribution in [3.05, 3.63) is 48.0 Å². The minimum atomic E-state index is -0.147. The van der Waals surface area contributed by atoms with Crippen molar-refractivity contribution in [2.45, 2.75) is 58.7 Å². The third-order valence-corrected chi connectivity index (χ3v) is 4.96. The molecule has 0 spiro atoms. The molecule has 0 N–H and O–H groups in total. The van der Waals surface area contributed by atoms with Crippen LogP contribution in [0.5, 0.6) is 0 Å². The maximum absolute atomic E-state index is 9.30. The van der Waals surface area contributed by atoms with Crippen LogP contribution in [0, 0.1) is 11.5 Å². The van der Waals surface area contributed by atoms with Gasteiger partial charge < -0.3 is 9.80 Å². The van der Waals surface area contributed by atoms with Crippen LogP contribution in [0.25, 0.3) is 10.8 Å². The lowest BCUT2D eigenvalue weighted by atomic mass is 9.97. The van der Waals surface area contributed by atoms with Gasteiger partial charge in [0.15, 0.2) is 0 Å². The highest BCUT2D eigenvalue weighted by Gasteiger charge is 2.45. The van der Waals surface area contributed by atoms with Gasteiger partial charge in [-0.1, -0.05) is 36.4 Å². The number of nitriles is 1. The van der Waals surface area contributed by atoms with Crippen molar-refractivity contribution >= 4 is 16.7 Å². The summed E-state index contributed by atoms with van der Waals surface area (Å²) in [5.74, 6) is 0.769. The van der Waals surface area contributed by atoms with Crippen LogP contribution in [-0.4, -0.2) is 33.4 Å². The summed E-state index contributed by atoms with van der Waals surface area (Å²) in [6.07, 6.45) is 2.02. The first kappa shape index (κ1) is 18.3. The quantitative estimate of drug-likeness (QED) is 0.686. The molecule has 1 fully saturated rings. The second-order valence-corrected chi connectivity index (χ2v) is 8.96. The van der Waals surface area contributed by atoms with Crippen molar-refractivity contribution in [1.29, 1.82) is 5.26 Å². The van der Waals surface area contributed by atoms with Gasteiger partial charge in [-0.15, -0.1) is 4.99 Å². The summed E-state index contributed by atoms with van der Waals surface area (Å²) in [5, 5.41) is 11.8. The number of hydrogen-bond acceptors (Lipinski definition) is 2. The van der Waals surface area contributed by atoms with Crippen LogP contribution in [-0.2, 0) is 0 Å². The number of guanidine groups is 1. The molecule has 26 heavy (non-hydrogen) atoms. The molecule has 1 heterocycles. The summed E-state index contributed by atoms with van der Waals surface area (Å²) < 4.78 is 0. The topological polar surface area (TPSA) is 42.6 Å². The van der Waals surface area contributed by atoms with Crippen LogP contribution in [0.2, 0.25) is 0 Å². The molecule has 0 aromatic heterocycles. The summed E-state index contributed by atoms with van der Waals surface area (Å²) in [5.41, 5.74) is 1.01. The first-order valence-electron chi connectivity index (χ1n) is 9.15. The fourth-order valence-corrected chi connectivity index (χ4v) is 3.78. The van der Waals surface area contributed by atoms with Crippen LogP contribution in [0.3, 0.4) is 0 Å². The van der Waals surface area contributed by atoms with E-state index in [1.54, 1.807) is 0 Å². The molecular formula is C22H28N4. The standard InChI is InChI=1S/C22H28N4/c1-21(2,3)25-14-19(26(22(4,5)6)20(25)24-15-23)18-12-11-16-9-7-8-10-17(16)13-18/h7-13,19H,14H2,1-6H3/t19-/m0/s1. The molecule has 136 valence electrons. The van der Waals surface area contributed by atoms with Crippen LogP contribution in [0.15, 0.2) is 47.5 Å². The molecule has 2 aromatic rings. The zero-order valence-corrected chi connectivity index (χ0v) is 16.6. The van der Waals surface area contributed by atoms with Gasteiger partial charge >= 0.3 is 0 Å². The molecule has 0 radical (unpaired) electrons. The first-order chi connectivity index (χ1) is 12.1. The van der Waals surface area contributed by atoms with E-state index in [-0.39, 0.29) is 17.1 Å². The van der Waals surface area contributed by atoms with Gasteiger partial charge in [-0.3, -0.25) is 0 Å².